The number of nitrogens with zero attached hydrogens (tertiary/aromatic N) is 6. The van der Waals surface area contributed by atoms with E-state index in [2.05, 4.69) is 78.5 Å². The molecule has 16 nitrogen and oxygen atoms in total. The smallest absolute Gasteiger partial charge is 0.313 e. The van der Waals surface area contributed by atoms with Gasteiger partial charge in [-0.25, -0.2) is 0 Å². The fourth-order valence-electron chi connectivity index (χ4n) is 24.4. The number of nitrogens with one attached hydrogen (secondary N) is 3. The summed E-state index contributed by atoms with van der Waals surface area (Å²) in [7, 11) is 0. The predicted octanol–water partition coefficient (Wildman–Crippen LogP) is 16.6. The maximum Gasteiger partial charge on any atom is 0.313 e. The lowest BCUT2D eigenvalue weighted by atomic mass is 9.48. The topological polar surface area (TPSA) is 193 Å². The largest absolute Gasteiger partial charge is 0.466 e. The minimum atomic E-state index is -0.379. The third-order valence-electron chi connectivity index (χ3n) is 29.1. The summed E-state index contributed by atoms with van der Waals surface area (Å²) in [4.78, 5) is 67.2. The number of carbonyl (C=O) groups excluding carboxylic acids is 5. The summed E-state index contributed by atoms with van der Waals surface area (Å²) >= 11 is 0. The van der Waals surface area contributed by atoms with Gasteiger partial charge in [-0.3, -0.25) is 38.0 Å². The number of ether oxygens (including phenoxy) is 2. The second-order valence-electron chi connectivity index (χ2n) is 36.0. The van der Waals surface area contributed by atoms with Crippen LogP contribution in [0.25, 0.3) is 0 Å². The first kappa shape index (κ1) is 69.1. The number of aromatic nitrogens is 6. The summed E-state index contributed by atoms with van der Waals surface area (Å²) in [6.45, 7) is 20.8. The van der Waals surface area contributed by atoms with Gasteiger partial charge in [0.05, 0.1) is 43.2 Å². The molecule has 8 bridgehead atoms. The van der Waals surface area contributed by atoms with Crippen molar-refractivity contribution < 1.29 is 33.4 Å². The SMILES string of the molecule is CC12CCC(C1)C(C)(C)C2NC(=O)c1nn(C2CCCCCC2)c2c1CCCC2.CCOC(=O)C1CCCc2c1c(C(=O)NC(C)C13CC4CC(CC(C4)C1)C3)nn2C1CCCCC1.CCOC(=O)C1CCCc2c1c(C(=O)NC1C3(C)CCC(C3)C1(C)C)nn2C1CCCCC1. The molecule has 97 heavy (non-hydrogen) atoms. The highest BCUT2D eigenvalue weighted by Gasteiger charge is 2.62. The zero-order valence-corrected chi connectivity index (χ0v) is 61.3. The van der Waals surface area contributed by atoms with Gasteiger partial charge in [0, 0.05) is 51.9 Å². The van der Waals surface area contributed by atoms with Crippen molar-refractivity contribution in [2.24, 2.45) is 56.7 Å². The molecule has 17 rings (SSSR count). The molecule has 14 aliphatic rings. The molecular weight excluding hydrogens is 1210 g/mol. The molecule has 11 fully saturated rings. The predicted molar refractivity (Wildman–Crippen MR) is 377 cm³/mol. The quantitative estimate of drug-likeness (QED) is 0.103. The highest BCUT2D eigenvalue weighted by Crippen LogP contribution is 2.65. The van der Waals surface area contributed by atoms with E-state index in [1.165, 1.54) is 178 Å². The average Bonchev–Trinajstić information content (AvgIpc) is 1.48. The fraction of sp³-hybridized carbons (Fsp3) is 0.827. The third-order valence-corrected chi connectivity index (χ3v) is 29.1. The molecule has 0 radical (unpaired) electrons. The van der Waals surface area contributed by atoms with Crippen molar-refractivity contribution in [3.8, 4) is 0 Å². The molecule has 0 aliphatic heterocycles. The molecule has 3 aromatic heterocycles. The van der Waals surface area contributed by atoms with E-state index in [1.807, 2.05) is 13.8 Å². The molecule has 11 saturated carbocycles. The Morgan fingerprint density at radius 3 is 1.26 bits per heavy atom. The van der Waals surface area contributed by atoms with Crippen molar-refractivity contribution in [1.29, 1.82) is 0 Å². The molecule has 3 N–H and O–H groups in total. The summed E-state index contributed by atoms with van der Waals surface area (Å²) in [5.74, 6) is 2.75. The summed E-state index contributed by atoms with van der Waals surface area (Å²) in [6, 6.07) is 1.73. The number of fused-ring (bicyclic) bond motifs is 7. The lowest BCUT2D eigenvalue weighted by molar-refractivity contribution is -0.146. The van der Waals surface area contributed by atoms with E-state index in [4.69, 9.17) is 24.8 Å². The molecule has 3 aromatic rings. The van der Waals surface area contributed by atoms with Gasteiger partial charge in [0.15, 0.2) is 17.1 Å². The van der Waals surface area contributed by atoms with Gasteiger partial charge in [-0.2, -0.15) is 15.3 Å². The van der Waals surface area contributed by atoms with Crippen LogP contribution in [0.3, 0.4) is 0 Å². The first-order valence-electron chi connectivity index (χ1n) is 40.2. The molecule has 16 heteroatoms. The summed E-state index contributed by atoms with van der Waals surface area (Å²) in [6.07, 6.45) is 44.7. The number of amides is 3. The summed E-state index contributed by atoms with van der Waals surface area (Å²) < 4.78 is 17.5. The van der Waals surface area contributed by atoms with E-state index >= 15 is 0 Å². The Hall–Kier alpha value is -5.02. The number of esters is 2. The van der Waals surface area contributed by atoms with E-state index in [9.17, 15) is 24.0 Å². The van der Waals surface area contributed by atoms with Gasteiger partial charge in [0.2, 0.25) is 0 Å². The Labute approximate surface area is 580 Å². The normalized spacial score (nSPS) is 34.0. The van der Waals surface area contributed by atoms with Crippen LogP contribution in [0.1, 0.15) is 376 Å². The van der Waals surface area contributed by atoms with Crippen LogP contribution in [-0.4, -0.2) is 90.3 Å². The lowest BCUT2D eigenvalue weighted by Gasteiger charge is -2.59. The molecule has 0 aromatic carbocycles. The van der Waals surface area contributed by atoms with Gasteiger partial charge in [-0.15, -0.1) is 0 Å². The minimum Gasteiger partial charge on any atom is -0.466 e. The highest BCUT2D eigenvalue weighted by molar-refractivity contribution is 5.98. The van der Waals surface area contributed by atoms with Crippen molar-refractivity contribution in [2.75, 3.05) is 13.2 Å². The Balaban J connectivity index is 0.000000125. The fourth-order valence-corrected chi connectivity index (χ4v) is 24.4. The van der Waals surface area contributed by atoms with Gasteiger partial charge in [0.25, 0.3) is 17.7 Å². The Morgan fingerprint density at radius 1 is 0.454 bits per heavy atom. The van der Waals surface area contributed by atoms with Crippen molar-refractivity contribution in [3.63, 3.8) is 0 Å². The molecule has 3 amide bonds. The van der Waals surface area contributed by atoms with Crippen LogP contribution in [-0.2, 0) is 44.7 Å². The zero-order chi connectivity index (χ0) is 67.8. The van der Waals surface area contributed by atoms with Crippen molar-refractivity contribution in [2.45, 2.75) is 354 Å². The van der Waals surface area contributed by atoms with Crippen LogP contribution in [0.2, 0.25) is 0 Å². The molecule has 0 spiro atoms. The van der Waals surface area contributed by atoms with Crippen molar-refractivity contribution in [3.05, 3.63) is 50.9 Å². The second kappa shape index (κ2) is 27.7. The number of hydrogen-bond donors (Lipinski definition) is 3. The zero-order valence-electron chi connectivity index (χ0n) is 61.3. The van der Waals surface area contributed by atoms with Crippen molar-refractivity contribution in [1.82, 2.24) is 45.3 Å². The first-order valence-corrected chi connectivity index (χ1v) is 40.2. The van der Waals surface area contributed by atoms with Gasteiger partial charge in [0.1, 0.15) is 0 Å². The second-order valence-corrected chi connectivity index (χ2v) is 36.0. The standard InChI is InChI=1S/C29H43N3O3.C27H41N3O3.C25H39N3O/c1-3-35-28(34)23-10-7-11-24-25(23)26(31-32(24)22-8-5-4-6-9-22)27(33)30-18(2)29-15-19-12-20(16-29)14-21(13-19)17-29;1-5-33-24(32)19-12-9-13-20-21(19)22(29-30(20)18-10-7-6-8-11-18)23(31)28-25-26(2,3)17-14-15-27(25,4)16-17;1-24(2)17-14-15-25(3,16-17)23(24)26-22(29)21-19-12-8-9-13-20(19)28(27-21)18-10-6-4-5-7-11-18/h18-23H,3-17H2,1-2H3,(H,30,33);17-19,25H,5-16H2,1-4H3,(H,28,31);17-18,23H,4-16H2,1-3H3,(H,26,29). The molecule has 534 valence electrons. The van der Waals surface area contributed by atoms with E-state index in [1.54, 1.807) is 0 Å². The number of hydrogen-bond acceptors (Lipinski definition) is 10. The maximum absolute atomic E-state index is 13.9. The van der Waals surface area contributed by atoms with Crippen LogP contribution in [0.15, 0.2) is 0 Å². The van der Waals surface area contributed by atoms with Gasteiger partial charge in [-0.1, -0.05) is 106 Å². The van der Waals surface area contributed by atoms with E-state index in [-0.39, 0.29) is 86.7 Å². The van der Waals surface area contributed by atoms with Crippen LogP contribution in [0, 0.1) is 56.7 Å². The minimum absolute atomic E-state index is 0.0738. The van der Waals surface area contributed by atoms with Crippen LogP contribution in [0.4, 0.5) is 0 Å². The van der Waals surface area contributed by atoms with E-state index in [0.29, 0.717) is 48.6 Å². The first-order chi connectivity index (χ1) is 46.6. The van der Waals surface area contributed by atoms with Crippen LogP contribution in [0.5, 0.6) is 0 Å². The lowest BCUT2D eigenvalue weighted by Crippen LogP contribution is -2.56. The van der Waals surface area contributed by atoms with Crippen molar-refractivity contribution >= 4 is 29.7 Å². The molecule has 3 heterocycles. The summed E-state index contributed by atoms with van der Waals surface area (Å²) in [5.41, 5.74) is 9.26. The Bertz CT molecular complexity index is 3340. The molecule has 0 saturated heterocycles. The van der Waals surface area contributed by atoms with Gasteiger partial charge >= 0.3 is 11.9 Å². The molecule has 9 unspecified atom stereocenters. The highest BCUT2D eigenvalue weighted by atomic mass is 16.5. The third kappa shape index (κ3) is 12.9. The Morgan fingerprint density at radius 2 is 0.835 bits per heavy atom. The summed E-state index contributed by atoms with van der Waals surface area (Å²) in [5, 5.41) is 25.4. The Kier molecular flexibility index (Phi) is 19.8. The molecule has 9 atom stereocenters. The van der Waals surface area contributed by atoms with Gasteiger partial charge < -0.3 is 25.4 Å². The van der Waals surface area contributed by atoms with E-state index in [0.717, 1.165) is 129 Å². The van der Waals surface area contributed by atoms with E-state index < -0.39 is 0 Å². The monoisotopic (exact) mass is 1330 g/mol. The van der Waals surface area contributed by atoms with Gasteiger partial charge in [-0.05, 0) is 257 Å². The molecular formula is C81H123N9O7. The maximum atomic E-state index is 13.9. The van der Waals surface area contributed by atoms with Crippen LogP contribution >= 0.6 is 0 Å². The number of rotatable bonds is 14. The number of carbonyl (C=O) groups is 5. The molecule has 14 aliphatic carbocycles. The van der Waals surface area contributed by atoms with Crippen LogP contribution < -0.4 is 16.0 Å². The average molecular weight is 1330 g/mol.